The molecule has 94 valence electrons. The highest BCUT2D eigenvalue weighted by Gasteiger charge is 2.24. The van der Waals surface area contributed by atoms with E-state index in [-0.39, 0.29) is 5.91 Å². The van der Waals surface area contributed by atoms with Gasteiger partial charge >= 0.3 is 5.97 Å². The van der Waals surface area contributed by atoms with Crippen molar-refractivity contribution in [3.8, 4) is 0 Å². The molecule has 0 saturated carbocycles. The van der Waals surface area contributed by atoms with Gasteiger partial charge in [0.2, 0.25) is 0 Å². The van der Waals surface area contributed by atoms with Crippen LogP contribution >= 0.6 is 11.3 Å². The van der Waals surface area contributed by atoms with Crippen LogP contribution in [0.3, 0.4) is 0 Å². The monoisotopic (exact) mass is 255 g/mol. The van der Waals surface area contributed by atoms with Crippen LogP contribution in [0.2, 0.25) is 0 Å². The molecular weight excluding hydrogens is 238 g/mol. The number of hydrogen-bond donors (Lipinski definition) is 1. The maximum Gasteiger partial charge on any atom is 0.326 e. The van der Waals surface area contributed by atoms with Gasteiger partial charge in [-0.25, -0.2) is 4.79 Å². The molecule has 0 aliphatic rings. The summed E-state index contributed by atoms with van der Waals surface area (Å²) in [6.45, 7) is 5.51. The van der Waals surface area contributed by atoms with E-state index in [9.17, 15) is 9.59 Å². The number of carboxylic acids is 1. The minimum Gasteiger partial charge on any atom is -0.480 e. The summed E-state index contributed by atoms with van der Waals surface area (Å²) in [5, 5.41) is 8.86. The molecule has 1 amide bonds. The van der Waals surface area contributed by atoms with Crippen LogP contribution in [-0.2, 0) is 11.2 Å². The zero-order chi connectivity index (χ0) is 13.2. The van der Waals surface area contributed by atoms with E-state index in [1.807, 2.05) is 19.9 Å². The molecule has 1 atom stereocenters. The summed E-state index contributed by atoms with van der Waals surface area (Å²) in [6.07, 6.45) is 0.883. The van der Waals surface area contributed by atoms with Gasteiger partial charge in [-0.2, -0.15) is 0 Å². The molecule has 0 radical (unpaired) electrons. The molecule has 4 nitrogen and oxygen atoms in total. The number of carboxylic acid groups (broad SMARTS) is 1. The van der Waals surface area contributed by atoms with Crippen LogP contribution in [-0.4, -0.2) is 35.0 Å². The number of nitrogens with zero attached hydrogens (tertiary/aromatic N) is 1. The van der Waals surface area contributed by atoms with Crippen LogP contribution in [0.4, 0.5) is 0 Å². The van der Waals surface area contributed by atoms with E-state index < -0.39 is 12.0 Å². The highest BCUT2D eigenvalue weighted by molar-refractivity contribution is 7.14. The Morgan fingerprint density at radius 3 is 2.53 bits per heavy atom. The van der Waals surface area contributed by atoms with Gasteiger partial charge in [0.05, 0.1) is 4.88 Å². The third-order valence-electron chi connectivity index (χ3n) is 2.87. The molecule has 0 fully saturated rings. The van der Waals surface area contributed by atoms with Gasteiger partial charge in [-0.15, -0.1) is 11.3 Å². The van der Waals surface area contributed by atoms with Crippen LogP contribution in [0.1, 0.15) is 34.0 Å². The molecule has 0 saturated heterocycles. The predicted octanol–water partition coefficient (Wildman–Crippen LogP) is 2.16. The molecule has 0 aliphatic heterocycles. The van der Waals surface area contributed by atoms with Crippen molar-refractivity contribution in [1.82, 2.24) is 4.90 Å². The van der Waals surface area contributed by atoms with Crippen LogP contribution in [0, 0.1) is 6.92 Å². The SMILES string of the molecule is CCc1cc(C(=O)N(C)C(C)C(=O)O)sc1C. The molecule has 1 rings (SSSR count). The van der Waals surface area contributed by atoms with E-state index in [1.165, 1.54) is 30.2 Å². The fraction of sp³-hybridized carbons (Fsp3) is 0.500. The van der Waals surface area contributed by atoms with Crippen LogP contribution < -0.4 is 0 Å². The van der Waals surface area contributed by atoms with E-state index in [4.69, 9.17) is 5.11 Å². The third kappa shape index (κ3) is 2.85. The largest absolute Gasteiger partial charge is 0.480 e. The Morgan fingerprint density at radius 1 is 1.53 bits per heavy atom. The van der Waals surface area contributed by atoms with E-state index in [1.54, 1.807) is 0 Å². The number of carbonyl (C=O) groups is 2. The first-order chi connectivity index (χ1) is 7.88. The van der Waals surface area contributed by atoms with Crippen molar-refractivity contribution in [3.05, 3.63) is 21.4 Å². The molecule has 17 heavy (non-hydrogen) atoms. The second kappa shape index (κ2) is 5.31. The first-order valence-corrected chi connectivity index (χ1v) is 6.29. The summed E-state index contributed by atoms with van der Waals surface area (Å²) in [5.74, 6) is -1.22. The highest BCUT2D eigenvalue weighted by Crippen LogP contribution is 2.23. The molecule has 5 heteroatoms. The van der Waals surface area contributed by atoms with Gasteiger partial charge in [0, 0.05) is 11.9 Å². The number of hydrogen-bond acceptors (Lipinski definition) is 3. The Kier molecular flexibility index (Phi) is 4.28. The maximum absolute atomic E-state index is 12.0. The van der Waals surface area contributed by atoms with Crippen molar-refractivity contribution in [3.63, 3.8) is 0 Å². The van der Waals surface area contributed by atoms with Crippen molar-refractivity contribution < 1.29 is 14.7 Å². The zero-order valence-corrected chi connectivity index (χ0v) is 11.3. The lowest BCUT2D eigenvalue weighted by molar-refractivity contribution is -0.141. The summed E-state index contributed by atoms with van der Waals surface area (Å²) >= 11 is 1.42. The number of carbonyl (C=O) groups excluding carboxylic acids is 1. The summed E-state index contributed by atoms with van der Waals surface area (Å²) in [6, 6.07) is 1.04. The molecule has 1 heterocycles. The summed E-state index contributed by atoms with van der Waals surface area (Å²) in [5.41, 5.74) is 1.15. The number of thiophene rings is 1. The van der Waals surface area contributed by atoms with Gasteiger partial charge in [0.15, 0.2) is 0 Å². The van der Waals surface area contributed by atoms with Gasteiger partial charge in [0.1, 0.15) is 6.04 Å². The summed E-state index contributed by atoms with van der Waals surface area (Å²) < 4.78 is 0. The minimum atomic E-state index is -0.996. The van der Waals surface area contributed by atoms with Gasteiger partial charge < -0.3 is 10.0 Å². The molecule has 1 unspecified atom stereocenters. The molecule has 0 aliphatic carbocycles. The molecule has 1 aromatic heterocycles. The van der Waals surface area contributed by atoms with Crippen LogP contribution in [0.25, 0.3) is 0 Å². The van der Waals surface area contributed by atoms with Gasteiger partial charge in [-0.3, -0.25) is 4.79 Å². The van der Waals surface area contributed by atoms with Crippen LogP contribution in [0.5, 0.6) is 0 Å². The first-order valence-electron chi connectivity index (χ1n) is 5.47. The Labute approximate surface area is 105 Å². The van der Waals surface area contributed by atoms with Crippen molar-refractivity contribution in [1.29, 1.82) is 0 Å². The van der Waals surface area contributed by atoms with E-state index in [0.717, 1.165) is 16.9 Å². The molecule has 0 aromatic carbocycles. The Hall–Kier alpha value is -1.36. The van der Waals surface area contributed by atoms with Gasteiger partial charge in [0.25, 0.3) is 5.91 Å². The van der Waals surface area contributed by atoms with Gasteiger partial charge in [-0.05, 0) is 31.9 Å². The minimum absolute atomic E-state index is 0.229. The van der Waals surface area contributed by atoms with Crippen LogP contribution in [0.15, 0.2) is 6.07 Å². The predicted molar refractivity (Wildman–Crippen MR) is 67.6 cm³/mol. The van der Waals surface area contributed by atoms with Crippen molar-refractivity contribution in [2.75, 3.05) is 7.05 Å². The molecule has 1 N–H and O–H groups in total. The van der Waals surface area contributed by atoms with Crippen molar-refractivity contribution in [2.24, 2.45) is 0 Å². The fourth-order valence-corrected chi connectivity index (χ4v) is 2.59. The maximum atomic E-state index is 12.0. The molecule has 1 aromatic rings. The highest BCUT2D eigenvalue weighted by atomic mass is 32.1. The number of rotatable bonds is 4. The average Bonchev–Trinajstić information content (AvgIpc) is 2.67. The zero-order valence-electron chi connectivity index (χ0n) is 10.5. The Bertz CT molecular complexity index is 439. The lowest BCUT2D eigenvalue weighted by Gasteiger charge is -2.20. The average molecular weight is 255 g/mol. The lowest BCUT2D eigenvalue weighted by Crippen LogP contribution is -2.39. The number of aliphatic carboxylic acids is 1. The molecule has 0 spiro atoms. The van der Waals surface area contributed by atoms with E-state index in [2.05, 4.69) is 0 Å². The molecule has 0 bridgehead atoms. The lowest BCUT2D eigenvalue weighted by atomic mass is 10.2. The number of likely N-dealkylation sites (N-methyl/N-ethyl adjacent to an activating group) is 1. The standard InChI is InChI=1S/C12H17NO3S/c1-5-9-6-10(17-8(9)3)11(14)13(4)7(2)12(15)16/h6-7H,5H2,1-4H3,(H,15,16). The summed E-state index contributed by atoms with van der Waals surface area (Å²) in [4.78, 5) is 25.8. The Morgan fingerprint density at radius 2 is 2.12 bits per heavy atom. The second-order valence-electron chi connectivity index (χ2n) is 3.98. The third-order valence-corrected chi connectivity index (χ3v) is 3.95. The normalized spacial score (nSPS) is 12.2. The van der Waals surface area contributed by atoms with Gasteiger partial charge in [-0.1, -0.05) is 6.92 Å². The summed E-state index contributed by atoms with van der Waals surface area (Å²) in [7, 11) is 1.52. The first kappa shape index (κ1) is 13.7. The number of aryl methyl sites for hydroxylation is 2. The van der Waals surface area contributed by atoms with E-state index in [0.29, 0.717) is 4.88 Å². The van der Waals surface area contributed by atoms with Crippen molar-refractivity contribution in [2.45, 2.75) is 33.2 Å². The number of amides is 1. The van der Waals surface area contributed by atoms with E-state index >= 15 is 0 Å². The fourth-order valence-electron chi connectivity index (χ4n) is 1.49. The van der Waals surface area contributed by atoms with Crippen molar-refractivity contribution >= 4 is 23.2 Å². The quantitative estimate of drug-likeness (QED) is 0.897. The second-order valence-corrected chi connectivity index (χ2v) is 5.23. The molecular formula is C12H17NO3S. The smallest absolute Gasteiger partial charge is 0.326 e. The Balaban J connectivity index is 2.92. The topological polar surface area (TPSA) is 57.6 Å².